The van der Waals surface area contributed by atoms with E-state index in [-0.39, 0.29) is 17.5 Å². The molecule has 0 amide bonds. The van der Waals surface area contributed by atoms with Crippen LogP contribution < -0.4 is 5.32 Å². The van der Waals surface area contributed by atoms with Gasteiger partial charge in [0.05, 0.1) is 11.1 Å². The summed E-state index contributed by atoms with van der Waals surface area (Å²) in [6.07, 6.45) is -8.23. The third-order valence-electron chi connectivity index (χ3n) is 3.38. The van der Waals surface area contributed by atoms with E-state index in [1.54, 1.807) is 0 Å². The van der Waals surface area contributed by atoms with Gasteiger partial charge in [-0.25, -0.2) is 0 Å². The van der Waals surface area contributed by atoms with Crippen LogP contribution in [0, 0.1) is 0 Å². The second kappa shape index (κ2) is 5.27. The average molecular weight is 297 g/mol. The highest BCUT2D eigenvalue weighted by Gasteiger charge is 2.37. The van der Waals surface area contributed by atoms with Crippen LogP contribution in [0.2, 0.25) is 0 Å². The van der Waals surface area contributed by atoms with Crippen LogP contribution in [-0.4, -0.2) is 13.1 Å². The van der Waals surface area contributed by atoms with Gasteiger partial charge in [0.2, 0.25) is 0 Å². The van der Waals surface area contributed by atoms with Crippen LogP contribution in [0.5, 0.6) is 0 Å². The molecule has 1 aliphatic heterocycles. The fourth-order valence-corrected chi connectivity index (χ4v) is 2.35. The number of hydrogen-bond acceptors (Lipinski definition) is 1. The molecule has 7 heteroatoms. The molecular formula is C13H13F6N. The van der Waals surface area contributed by atoms with Crippen molar-refractivity contribution in [2.75, 3.05) is 13.1 Å². The molecule has 1 atom stereocenters. The maximum absolute atomic E-state index is 12.7. The largest absolute Gasteiger partial charge is 0.416 e. The van der Waals surface area contributed by atoms with E-state index in [9.17, 15) is 26.3 Å². The van der Waals surface area contributed by atoms with Gasteiger partial charge < -0.3 is 5.32 Å². The lowest BCUT2D eigenvalue weighted by molar-refractivity contribution is -0.143. The minimum Gasteiger partial charge on any atom is -0.316 e. The molecule has 0 bridgehead atoms. The second-order valence-electron chi connectivity index (χ2n) is 4.88. The lowest BCUT2D eigenvalue weighted by Crippen LogP contribution is -2.28. The molecule has 1 aromatic carbocycles. The summed E-state index contributed by atoms with van der Waals surface area (Å²) in [5, 5.41) is 2.99. The Balaban J connectivity index is 2.45. The van der Waals surface area contributed by atoms with Gasteiger partial charge in [-0.15, -0.1) is 0 Å². The van der Waals surface area contributed by atoms with E-state index >= 15 is 0 Å². The third kappa shape index (κ3) is 3.45. The van der Waals surface area contributed by atoms with Gasteiger partial charge in [-0.05, 0) is 49.1 Å². The number of halogens is 6. The van der Waals surface area contributed by atoms with E-state index in [1.807, 2.05) is 0 Å². The smallest absolute Gasteiger partial charge is 0.316 e. The van der Waals surface area contributed by atoms with Crippen molar-refractivity contribution in [3.05, 3.63) is 34.9 Å². The van der Waals surface area contributed by atoms with Crippen LogP contribution in [-0.2, 0) is 12.4 Å². The molecule has 1 aromatic rings. The summed E-state index contributed by atoms with van der Waals surface area (Å²) in [7, 11) is 0. The molecule has 0 unspecified atom stereocenters. The van der Waals surface area contributed by atoms with E-state index in [0.29, 0.717) is 13.0 Å². The van der Waals surface area contributed by atoms with Gasteiger partial charge in [0, 0.05) is 6.54 Å². The van der Waals surface area contributed by atoms with Crippen LogP contribution in [0.15, 0.2) is 18.2 Å². The topological polar surface area (TPSA) is 12.0 Å². The highest BCUT2D eigenvalue weighted by molar-refractivity contribution is 5.35. The van der Waals surface area contributed by atoms with E-state index in [0.717, 1.165) is 25.1 Å². The van der Waals surface area contributed by atoms with E-state index in [1.165, 1.54) is 0 Å². The van der Waals surface area contributed by atoms with Crippen molar-refractivity contribution in [1.29, 1.82) is 0 Å². The number of piperidine rings is 1. The SMILES string of the molecule is FC(F)(F)c1cc([C@H]2CCCNC2)cc(C(F)(F)F)c1. The summed E-state index contributed by atoms with van der Waals surface area (Å²) < 4.78 is 76.3. The van der Waals surface area contributed by atoms with Gasteiger partial charge in [0.1, 0.15) is 0 Å². The van der Waals surface area contributed by atoms with Crippen molar-refractivity contribution in [2.24, 2.45) is 0 Å². The molecule has 0 saturated carbocycles. The summed E-state index contributed by atoms with van der Waals surface area (Å²) in [5.74, 6) is -0.313. The number of alkyl halides is 6. The van der Waals surface area contributed by atoms with Gasteiger partial charge in [0.25, 0.3) is 0 Å². The lowest BCUT2D eigenvalue weighted by Gasteiger charge is -2.25. The number of nitrogens with one attached hydrogen (secondary N) is 1. The predicted octanol–water partition coefficient (Wildman–Crippen LogP) is 4.19. The van der Waals surface area contributed by atoms with Gasteiger partial charge >= 0.3 is 12.4 Å². The molecule has 1 nitrogen and oxygen atoms in total. The molecule has 1 N–H and O–H groups in total. The van der Waals surface area contributed by atoms with Crippen LogP contribution in [0.1, 0.15) is 35.4 Å². The summed E-state index contributed by atoms with van der Waals surface area (Å²) in [6.45, 7) is 1.14. The molecule has 0 spiro atoms. The Kier molecular flexibility index (Phi) is 4.00. The van der Waals surface area contributed by atoms with Gasteiger partial charge in [-0.1, -0.05) is 0 Å². The monoisotopic (exact) mass is 297 g/mol. The Morgan fingerprint density at radius 2 is 1.45 bits per heavy atom. The molecule has 0 aliphatic carbocycles. The highest BCUT2D eigenvalue weighted by atomic mass is 19.4. The van der Waals surface area contributed by atoms with Crippen LogP contribution in [0.25, 0.3) is 0 Å². The predicted molar refractivity (Wildman–Crippen MR) is 61.3 cm³/mol. The van der Waals surface area contributed by atoms with Gasteiger partial charge in [-0.2, -0.15) is 26.3 Å². The number of hydrogen-bond donors (Lipinski definition) is 1. The first-order valence-corrected chi connectivity index (χ1v) is 6.18. The Morgan fingerprint density at radius 1 is 0.900 bits per heavy atom. The fourth-order valence-electron chi connectivity index (χ4n) is 2.35. The molecular weight excluding hydrogens is 284 g/mol. The van der Waals surface area contributed by atoms with E-state index < -0.39 is 23.5 Å². The van der Waals surface area contributed by atoms with Gasteiger partial charge in [-0.3, -0.25) is 0 Å². The van der Waals surface area contributed by atoms with E-state index in [2.05, 4.69) is 5.32 Å². The molecule has 2 rings (SSSR count). The molecule has 1 saturated heterocycles. The minimum atomic E-state index is -4.78. The van der Waals surface area contributed by atoms with Crippen molar-refractivity contribution >= 4 is 0 Å². The summed E-state index contributed by atoms with van der Waals surface area (Å²) in [4.78, 5) is 0. The Morgan fingerprint density at radius 3 is 1.85 bits per heavy atom. The summed E-state index contributed by atoms with van der Waals surface area (Å²) >= 11 is 0. The average Bonchev–Trinajstić information content (AvgIpc) is 2.37. The van der Waals surface area contributed by atoms with Crippen LogP contribution >= 0.6 is 0 Å². The normalized spacial score (nSPS) is 21.0. The van der Waals surface area contributed by atoms with Crippen molar-refractivity contribution in [1.82, 2.24) is 5.32 Å². The molecule has 20 heavy (non-hydrogen) atoms. The van der Waals surface area contributed by atoms with Crippen LogP contribution in [0.4, 0.5) is 26.3 Å². The summed E-state index contributed by atoms with van der Waals surface area (Å²) in [5.41, 5.74) is -2.39. The molecule has 1 heterocycles. The summed E-state index contributed by atoms with van der Waals surface area (Å²) in [6, 6.07) is 1.82. The molecule has 112 valence electrons. The standard InChI is InChI=1S/C13H13F6N/c14-12(15,16)10-4-9(8-2-1-3-20-7-8)5-11(6-10)13(17,18)19/h4-6,8,20H,1-3,7H2/t8-/m0/s1. The van der Waals surface area contributed by atoms with Gasteiger partial charge in [0.15, 0.2) is 0 Å². The number of benzene rings is 1. The molecule has 1 fully saturated rings. The van der Waals surface area contributed by atoms with Crippen molar-refractivity contribution < 1.29 is 26.3 Å². The van der Waals surface area contributed by atoms with Crippen molar-refractivity contribution in [3.8, 4) is 0 Å². The maximum Gasteiger partial charge on any atom is 0.416 e. The zero-order valence-electron chi connectivity index (χ0n) is 10.4. The van der Waals surface area contributed by atoms with Crippen molar-refractivity contribution in [2.45, 2.75) is 31.1 Å². The Bertz CT molecular complexity index is 438. The zero-order chi connectivity index (χ0) is 15.0. The first kappa shape index (κ1) is 15.2. The fraction of sp³-hybridized carbons (Fsp3) is 0.538. The minimum absolute atomic E-state index is 0.0966. The Labute approximate surface area is 112 Å². The molecule has 1 aliphatic rings. The first-order chi connectivity index (χ1) is 9.18. The highest BCUT2D eigenvalue weighted by Crippen LogP contribution is 2.38. The lowest BCUT2D eigenvalue weighted by atomic mass is 9.89. The maximum atomic E-state index is 12.7. The van der Waals surface area contributed by atoms with E-state index in [4.69, 9.17) is 0 Å². The molecule has 0 aromatic heterocycles. The zero-order valence-corrected chi connectivity index (χ0v) is 10.4. The second-order valence-corrected chi connectivity index (χ2v) is 4.88. The van der Waals surface area contributed by atoms with Crippen molar-refractivity contribution in [3.63, 3.8) is 0 Å². The molecule has 0 radical (unpaired) electrons. The Hall–Kier alpha value is -1.24. The third-order valence-corrected chi connectivity index (χ3v) is 3.38. The number of rotatable bonds is 1. The van der Waals surface area contributed by atoms with Crippen LogP contribution in [0.3, 0.4) is 0 Å². The first-order valence-electron chi connectivity index (χ1n) is 6.18. The quantitative estimate of drug-likeness (QED) is 0.766.